The lowest BCUT2D eigenvalue weighted by molar-refractivity contribution is -0.539. The first kappa shape index (κ1) is 12.4. The Bertz CT molecular complexity index is 654. The molecule has 0 amide bonds. The lowest BCUT2D eigenvalue weighted by Gasteiger charge is -2.32. The fourth-order valence-electron chi connectivity index (χ4n) is 2.15. The van der Waals surface area contributed by atoms with Crippen LogP contribution in [0.4, 0.5) is 0 Å². The van der Waals surface area contributed by atoms with E-state index < -0.39 is 11.1 Å². The van der Waals surface area contributed by atoms with Crippen LogP contribution in [0.1, 0.15) is 33.5 Å². The molecule has 0 atom stereocenters. The second kappa shape index (κ2) is 3.49. The molecule has 0 saturated carbocycles. The van der Waals surface area contributed by atoms with Crippen LogP contribution in [0.2, 0.25) is 0 Å². The Morgan fingerprint density at radius 2 is 2.05 bits per heavy atom. The molecule has 1 aliphatic rings. The van der Waals surface area contributed by atoms with Gasteiger partial charge in [0.15, 0.2) is 5.54 Å². The lowest BCUT2D eigenvalue weighted by atomic mass is 9.84. The summed E-state index contributed by atoms with van der Waals surface area (Å²) in [7, 11) is 0. The zero-order chi connectivity index (χ0) is 14.0. The molecule has 0 aliphatic carbocycles. The lowest BCUT2D eigenvalue weighted by Crippen LogP contribution is -2.53. The first-order valence-corrected chi connectivity index (χ1v) is 6.95. The number of H-pyrrole nitrogens is 1. The van der Waals surface area contributed by atoms with Crippen LogP contribution >= 0.6 is 11.3 Å². The van der Waals surface area contributed by atoms with Crippen molar-refractivity contribution in [2.24, 2.45) is 0 Å². The summed E-state index contributed by atoms with van der Waals surface area (Å²) in [6.45, 7) is 7.07. The number of hydroxylamine groups is 3. The van der Waals surface area contributed by atoms with E-state index in [0.29, 0.717) is 5.82 Å². The maximum atomic E-state index is 12.4. The summed E-state index contributed by atoms with van der Waals surface area (Å²) < 4.78 is 0.765. The van der Waals surface area contributed by atoms with Gasteiger partial charge in [-0.25, -0.2) is 4.98 Å². The topological polar surface area (TPSA) is 77.9 Å². The van der Waals surface area contributed by atoms with Crippen LogP contribution in [0, 0.1) is 5.21 Å². The third-order valence-electron chi connectivity index (χ3n) is 4.24. The number of aromatic nitrogens is 2. The molecule has 1 radical (unpaired) electrons. The normalized spacial score (nSPS) is 21.6. The van der Waals surface area contributed by atoms with E-state index in [1.54, 1.807) is 27.7 Å². The molecule has 2 aromatic heterocycles. The van der Waals surface area contributed by atoms with Crippen LogP contribution in [0.25, 0.3) is 11.0 Å². The van der Waals surface area contributed by atoms with Crippen molar-refractivity contribution >= 4 is 28.2 Å². The number of hydrogen-bond donors (Lipinski definition) is 1. The van der Waals surface area contributed by atoms with Crippen LogP contribution in [0.15, 0.2) is 10.8 Å². The van der Waals surface area contributed by atoms with Gasteiger partial charge in [-0.2, -0.15) is 0 Å². The minimum absolute atomic E-state index is 0.0520. The molecule has 7 heteroatoms. The van der Waals surface area contributed by atoms with Gasteiger partial charge < -0.3 is 10.2 Å². The third kappa shape index (κ3) is 1.39. The molecule has 19 heavy (non-hydrogen) atoms. The minimum atomic E-state index is -0.816. The molecule has 3 heterocycles. The number of hydrogen-bond acceptors (Lipinski definition) is 4. The van der Waals surface area contributed by atoms with Crippen molar-refractivity contribution in [1.29, 1.82) is 0 Å². The van der Waals surface area contributed by atoms with E-state index in [9.17, 15) is 10.4 Å². The summed E-state index contributed by atoms with van der Waals surface area (Å²) in [5.74, 6) is 0.387. The number of aromatic amines is 1. The molecule has 0 spiro atoms. The van der Waals surface area contributed by atoms with Gasteiger partial charge in [0.2, 0.25) is 5.82 Å². The number of nitrogens with zero attached hydrogens (tertiary/aromatic N) is 3. The highest BCUT2D eigenvalue weighted by Gasteiger charge is 2.60. The van der Waals surface area contributed by atoms with E-state index in [0.717, 1.165) is 20.8 Å². The Morgan fingerprint density at radius 1 is 1.37 bits per heavy atom. The molecule has 101 valence electrons. The summed E-state index contributed by atoms with van der Waals surface area (Å²) in [4.78, 5) is 7.35. The van der Waals surface area contributed by atoms with Gasteiger partial charge in [-0.1, -0.05) is 5.06 Å². The van der Waals surface area contributed by atoms with Gasteiger partial charge in [0.25, 0.3) is 0 Å². The Balaban J connectivity index is 2.19. The second-order valence-electron chi connectivity index (χ2n) is 5.79. The van der Waals surface area contributed by atoms with Crippen molar-refractivity contribution in [3.63, 3.8) is 0 Å². The molecule has 0 fully saturated rings. The molecule has 0 saturated heterocycles. The first-order chi connectivity index (χ1) is 8.76. The molecule has 1 N–H and O–H groups in total. The van der Waals surface area contributed by atoms with Crippen LogP contribution in [0.3, 0.4) is 0 Å². The second-order valence-corrected chi connectivity index (χ2v) is 6.53. The fourth-order valence-corrected chi connectivity index (χ4v) is 2.85. The van der Waals surface area contributed by atoms with Crippen molar-refractivity contribution in [3.8, 4) is 0 Å². The van der Waals surface area contributed by atoms with E-state index >= 15 is 0 Å². The van der Waals surface area contributed by atoms with E-state index in [4.69, 9.17) is 0 Å². The average Bonchev–Trinajstić information content (AvgIpc) is 2.91. The van der Waals surface area contributed by atoms with Crippen LogP contribution in [-0.2, 0) is 5.21 Å². The van der Waals surface area contributed by atoms with Crippen LogP contribution in [0.5, 0.6) is 0 Å². The predicted octanol–water partition coefficient (Wildman–Crippen LogP) is 2.10. The average molecular weight is 279 g/mol. The summed E-state index contributed by atoms with van der Waals surface area (Å²) in [6.07, 6.45) is 0. The van der Waals surface area contributed by atoms with E-state index in [1.807, 2.05) is 10.8 Å². The number of fused-ring (bicyclic) bond motifs is 1. The van der Waals surface area contributed by atoms with Crippen molar-refractivity contribution in [3.05, 3.63) is 21.8 Å². The van der Waals surface area contributed by atoms with Gasteiger partial charge >= 0.3 is 5.84 Å². The third-order valence-corrected chi connectivity index (χ3v) is 4.97. The first-order valence-electron chi connectivity index (χ1n) is 6.01. The SMILES string of the molecule is CC1(C)N([O])C(c2nc3cscc3[nH]2)=[N+]([O-])C1(C)C. The minimum Gasteiger partial charge on any atom is -0.714 e. The van der Waals surface area contributed by atoms with Crippen molar-refractivity contribution in [2.75, 3.05) is 0 Å². The quantitative estimate of drug-likeness (QED) is 0.641. The highest BCUT2D eigenvalue weighted by atomic mass is 32.1. The molecular formula is C12H15N4O2S. The summed E-state index contributed by atoms with van der Waals surface area (Å²) in [5.41, 5.74) is -0.0129. The van der Waals surface area contributed by atoms with Gasteiger partial charge in [0, 0.05) is 16.0 Å². The van der Waals surface area contributed by atoms with Crippen molar-refractivity contribution < 1.29 is 9.95 Å². The Hall–Kier alpha value is -1.60. The van der Waals surface area contributed by atoms with Crippen LogP contribution < -0.4 is 0 Å². The molecule has 1 aliphatic heterocycles. The zero-order valence-corrected chi connectivity index (χ0v) is 12.0. The maximum Gasteiger partial charge on any atom is 0.353 e. The highest BCUT2D eigenvalue weighted by molar-refractivity contribution is 7.09. The number of amidine groups is 1. The van der Waals surface area contributed by atoms with Crippen LogP contribution in [-0.4, -0.2) is 36.7 Å². The van der Waals surface area contributed by atoms with E-state index in [1.165, 1.54) is 11.3 Å². The zero-order valence-electron chi connectivity index (χ0n) is 11.2. The summed E-state index contributed by atoms with van der Waals surface area (Å²) >= 11 is 1.53. The van der Waals surface area contributed by atoms with E-state index in [2.05, 4.69) is 9.97 Å². The van der Waals surface area contributed by atoms with Gasteiger partial charge in [0.05, 0.1) is 11.0 Å². The van der Waals surface area contributed by atoms with E-state index in [-0.39, 0.29) is 5.84 Å². The van der Waals surface area contributed by atoms with Gasteiger partial charge in [-0.3, -0.25) is 4.74 Å². The maximum absolute atomic E-state index is 12.4. The summed E-state index contributed by atoms with van der Waals surface area (Å²) in [6, 6.07) is 0. The summed E-state index contributed by atoms with van der Waals surface area (Å²) in [5, 5.41) is 29.4. The van der Waals surface area contributed by atoms with Crippen molar-refractivity contribution in [1.82, 2.24) is 15.0 Å². The Labute approximate surface area is 114 Å². The van der Waals surface area contributed by atoms with Gasteiger partial charge in [-0.05, 0) is 27.7 Å². The standard InChI is InChI=1S/C12H15N4O2S/c1-11(2)12(3,4)16(18)10(15(11)17)9-13-7-5-19-6-8(7)14-9/h5-6H,1-4H3,(H,13,14). The number of nitrogens with one attached hydrogen (secondary N) is 1. The highest BCUT2D eigenvalue weighted by Crippen LogP contribution is 2.37. The Morgan fingerprint density at radius 3 is 2.58 bits per heavy atom. The van der Waals surface area contributed by atoms with Crippen molar-refractivity contribution in [2.45, 2.75) is 38.8 Å². The smallest absolute Gasteiger partial charge is 0.353 e. The number of rotatable bonds is 1. The molecule has 0 bridgehead atoms. The number of imidazole rings is 1. The largest absolute Gasteiger partial charge is 0.714 e. The molecule has 0 unspecified atom stereocenters. The molecule has 6 nitrogen and oxygen atoms in total. The van der Waals surface area contributed by atoms with Gasteiger partial charge in [0.1, 0.15) is 5.54 Å². The molecule has 2 aromatic rings. The predicted molar refractivity (Wildman–Crippen MR) is 72.4 cm³/mol. The molecule has 0 aromatic carbocycles. The number of thiophene rings is 1. The molecular weight excluding hydrogens is 264 g/mol. The fraction of sp³-hybridized carbons (Fsp3) is 0.500. The molecule has 3 rings (SSSR count). The van der Waals surface area contributed by atoms with Gasteiger partial charge in [-0.15, -0.1) is 11.3 Å². The Kier molecular flexibility index (Phi) is 2.28. The monoisotopic (exact) mass is 279 g/mol.